The molecule has 1 heterocycles. The van der Waals surface area contributed by atoms with E-state index < -0.39 is 6.10 Å². The highest BCUT2D eigenvalue weighted by Gasteiger charge is 2.01. The Morgan fingerprint density at radius 2 is 1.95 bits per heavy atom. The highest BCUT2D eigenvalue weighted by atomic mass is 16.3. The third-order valence-corrected chi connectivity index (χ3v) is 3.14. The summed E-state index contributed by atoms with van der Waals surface area (Å²) in [6.07, 6.45) is 2.97. The van der Waals surface area contributed by atoms with E-state index in [2.05, 4.69) is 4.98 Å². The van der Waals surface area contributed by atoms with Crippen LogP contribution < -0.4 is 21.8 Å². The number of nitrogens with one attached hydrogen (secondary N) is 1. The van der Waals surface area contributed by atoms with Crippen molar-refractivity contribution < 1.29 is 5.11 Å². The van der Waals surface area contributed by atoms with Gasteiger partial charge in [-0.05, 0) is 25.0 Å². The summed E-state index contributed by atoms with van der Waals surface area (Å²) in [4.78, 5) is 26.9. The van der Waals surface area contributed by atoms with Gasteiger partial charge in [0, 0.05) is 7.05 Å². The van der Waals surface area contributed by atoms with Crippen LogP contribution in [-0.4, -0.2) is 20.8 Å². The van der Waals surface area contributed by atoms with Crippen LogP contribution in [0.1, 0.15) is 18.9 Å². The molecule has 1 atom stereocenters. The van der Waals surface area contributed by atoms with Crippen LogP contribution in [0.3, 0.4) is 0 Å². The zero-order valence-corrected chi connectivity index (χ0v) is 12.0. The lowest BCUT2D eigenvalue weighted by Crippen LogP contribution is -2.52. The Morgan fingerprint density at radius 3 is 2.57 bits per heavy atom. The summed E-state index contributed by atoms with van der Waals surface area (Å²) in [5.74, 6) is 0. The molecule has 110 valence electrons. The van der Waals surface area contributed by atoms with Crippen molar-refractivity contribution in [3.8, 4) is 0 Å². The molecule has 1 unspecified atom stereocenters. The van der Waals surface area contributed by atoms with Gasteiger partial charge in [0.1, 0.15) is 10.7 Å². The van der Waals surface area contributed by atoms with Crippen molar-refractivity contribution in [2.45, 2.75) is 19.4 Å². The maximum atomic E-state index is 12.3. The molecular weight excluding hydrogens is 268 g/mol. The molecule has 0 fully saturated rings. The van der Waals surface area contributed by atoms with Crippen molar-refractivity contribution >= 4 is 12.2 Å². The minimum Gasteiger partial charge on any atom is -0.393 e. The Kier molecular flexibility index (Phi) is 4.55. The number of hydrogen-bond donors (Lipinski definition) is 2. The van der Waals surface area contributed by atoms with Gasteiger partial charge < -0.3 is 14.7 Å². The Morgan fingerprint density at radius 1 is 1.29 bits per heavy atom. The summed E-state index contributed by atoms with van der Waals surface area (Å²) in [5, 5.41) is 9.77. The molecule has 0 saturated carbocycles. The van der Waals surface area contributed by atoms with Crippen LogP contribution in [-0.2, 0) is 7.05 Å². The van der Waals surface area contributed by atoms with Gasteiger partial charge in [0.15, 0.2) is 0 Å². The highest BCUT2D eigenvalue weighted by molar-refractivity contribution is 5.47. The SMILES string of the molecule is CC(O)CC=c1c(=O)[nH]c(=Cc2ccccc2)c(=O)n1C. The van der Waals surface area contributed by atoms with Gasteiger partial charge in [-0.2, -0.15) is 0 Å². The lowest BCUT2D eigenvalue weighted by molar-refractivity contribution is 0.202. The van der Waals surface area contributed by atoms with Gasteiger partial charge in [-0.25, -0.2) is 0 Å². The van der Waals surface area contributed by atoms with Gasteiger partial charge in [0.25, 0.3) is 11.1 Å². The zero-order chi connectivity index (χ0) is 15.4. The molecule has 0 radical (unpaired) electrons. The van der Waals surface area contributed by atoms with E-state index in [1.807, 2.05) is 30.3 Å². The normalized spacial score (nSPS) is 14.4. The molecule has 21 heavy (non-hydrogen) atoms. The van der Waals surface area contributed by atoms with Gasteiger partial charge in [-0.1, -0.05) is 36.4 Å². The van der Waals surface area contributed by atoms with E-state index in [0.717, 1.165) is 5.56 Å². The van der Waals surface area contributed by atoms with E-state index in [1.165, 1.54) is 4.57 Å². The van der Waals surface area contributed by atoms with Gasteiger partial charge in [-0.3, -0.25) is 9.59 Å². The molecule has 2 rings (SSSR count). The molecule has 2 N–H and O–H groups in total. The fourth-order valence-corrected chi connectivity index (χ4v) is 2.01. The lowest BCUT2D eigenvalue weighted by Gasteiger charge is -2.01. The van der Waals surface area contributed by atoms with Crippen molar-refractivity contribution in [1.82, 2.24) is 9.55 Å². The van der Waals surface area contributed by atoms with Crippen LogP contribution in [0.25, 0.3) is 12.2 Å². The van der Waals surface area contributed by atoms with E-state index in [-0.39, 0.29) is 21.8 Å². The third kappa shape index (κ3) is 3.58. The second-order valence-corrected chi connectivity index (χ2v) is 4.96. The van der Waals surface area contributed by atoms with E-state index in [0.29, 0.717) is 6.42 Å². The summed E-state index contributed by atoms with van der Waals surface area (Å²) < 4.78 is 1.30. The number of rotatable bonds is 3. The summed E-state index contributed by atoms with van der Waals surface area (Å²) in [5.41, 5.74) is 0.209. The largest absolute Gasteiger partial charge is 0.393 e. The van der Waals surface area contributed by atoms with Gasteiger partial charge in [0.2, 0.25) is 0 Å². The van der Waals surface area contributed by atoms with E-state index in [4.69, 9.17) is 0 Å². The van der Waals surface area contributed by atoms with Crippen molar-refractivity contribution in [1.29, 1.82) is 0 Å². The first kappa shape index (κ1) is 15.0. The Bertz CT molecular complexity index is 846. The Hall–Kier alpha value is -2.40. The van der Waals surface area contributed by atoms with Crippen LogP contribution in [0.15, 0.2) is 39.9 Å². The fourth-order valence-electron chi connectivity index (χ4n) is 2.01. The second-order valence-electron chi connectivity index (χ2n) is 4.96. The first-order valence-electron chi connectivity index (χ1n) is 6.73. The highest BCUT2D eigenvalue weighted by Crippen LogP contribution is 1.97. The summed E-state index contributed by atoms with van der Waals surface area (Å²) in [6, 6.07) is 9.31. The zero-order valence-electron chi connectivity index (χ0n) is 12.0. The molecule has 5 nitrogen and oxygen atoms in total. The molecule has 0 bridgehead atoms. The monoisotopic (exact) mass is 286 g/mol. The van der Waals surface area contributed by atoms with E-state index in [9.17, 15) is 14.7 Å². The average molecular weight is 286 g/mol. The van der Waals surface area contributed by atoms with Crippen LogP contribution >= 0.6 is 0 Å². The Balaban J connectivity index is 2.64. The quantitative estimate of drug-likeness (QED) is 0.795. The van der Waals surface area contributed by atoms with Crippen LogP contribution in [0.2, 0.25) is 0 Å². The number of H-pyrrole nitrogens is 1. The van der Waals surface area contributed by atoms with Crippen LogP contribution in [0.4, 0.5) is 0 Å². The minimum absolute atomic E-state index is 0.239. The second kappa shape index (κ2) is 6.37. The smallest absolute Gasteiger partial charge is 0.274 e. The lowest BCUT2D eigenvalue weighted by atomic mass is 10.2. The third-order valence-electron chi connectivity index (χ3n) is 3.14. The molecule has 0 aliphatic heterocycles. The number of aromatic nitrogens is 2. The number of benzene rings is 1. The molecule has 1 aromatic heterocycles. The van der Waals surface area contributed by atoms with Crippen molar-refractivity contribution in [2.24, 2.45) is 7.05 Å². The molecule has 0 saturated heterocycles. The first-order chi connectivity index (χ1) is 9.99. The molecule has 5 heteroatoms. The number of nitrogens with zero attached hydrogens (tertiary/aromatic N) is 1. The van der Waals surface area contributed by atoms with Crippen molar-refractivity contribution in [3.63, 3.8) is 0 Å². The maximum Gasteiger partial charge on any atom is 0.274 e. The summed E-state index contributed by atoms with van der Waals surface area (Å²) in [7, 11) is 1.55. The molecule has 2 aromatic rings. The van der Waals surface area contributed by atoms with Crippen molar-refractivity contribution in [3.05, 3.63) is 67.3 Å². The fraction of sp³-hybridized carbons (Fsp3) is 0.250. The first-order valence-corrected chi connectivity index (χ1v) is 6.73. The van der Waals surface area contributed by atoms with Gasteiger partial charge >= 0.3 is 0 Å². The van der Waals surface area contributed by atoms with Crippen molar-refractivity contribution in [2.75, 3.05) is 0 Å². The maximum absolute atomic E-state index is 12.3. The number of aromatic amines is 1. The predicted molar refractivity (Wildman–Crippen MR) is 82.3 cm³/mol. The average Bonchev–Trinajstić information content (AvgIpc) is 2.45. The molecule has 1 aromatic carbocycles. The summed E-state index contributed by atoms with van der Waals surface area (Å²) in [6.45, 7) is 1.63. The number of aliphatic hydroxyl groups excluding tert-OH is 1. The number of aliphatic hydroxyl groups is 1. The Labute approximate surface area is 121 Å². The van der Waals surface area contributed by atoms with Crippen LogP contribution in [0.5, 0.6) is 0 Å². The topological polar surface area (TPSA) is 75.1 Å². The van der Waals surface area contributed by atoms with Gasteiger partial charge in [-0.15, -0.1) is 0 Å². The summed E-state index contributed by atoms with van der Waals surface area (Å²) >= 11 is 0. The minimum atomic E-state index is -0.560. The molecule has 0 aliphatic carbocycles. The molecule has 0 amide bonds. The predicted octanol–water partition coefficient (Wildman–Crippen LogP) is -0.546. The standard InChI is InChI=1S/C16H18N2O3/c1-11(19)8-9-14-15(20)17-13(16(21)18(14)2)10-12-6-4-3-5-7-12/h3-7,9-11,19H,8H2,1-2H3,(H,17,20). The molecule has 0 aliphatic rings. The van der Waals surface area contributed by atoms with E-state index in [1.54, 1.807) is 26.1 Å². The molecular formula is C16H18N2O3. The van der Waals surface area contributed by atoms with E-state index >= 15 is 0 Å². The molecule has 0 spiro atoms. The van der Waals surface area contributed by atoms with Gasteiger partial charge in [0.05, 0.1) is 6.10 Å². The van der Waals surface area contributed by atoms with Crippen LogP contribution in [0, 0.1) is 0 Å². The number of hydrogen-bond acceptors (Lipinski definition) is 3.